The molecular weight excluding hydrogens is 494 g/mol. The monoisotopic (exact) mass is 512 g/mol. The fourth-order valence-electron chi connectivity index (χ4n) is 3.09. The van der Waals surface area contributed by atoms with E-state index in [1.807, 2.05) is 12.1 Å². The molecule has 0 fully saturated rings. The van der Waals surface area contributed by atoms with E-state index in [1.54, 1.807) is 18.2 Å². The zero-order valence-corrected chi connectivity index (χ0v) is 19.3. The van der Waals surface area contributed by atoms with Crippen molar-refractivity contribution >= 4 is 30.6 Å². The molecule has 34 heavy (non-hydrogen) atoms. The molecule has 2 aromatic carbocycles. The summed E-state index contributed by atoms with van der Waals surface area (Å²) >= 11 is 0.956. The minimum atomic E-state index is -4.69. The van der Waals surface area contributed by atoms with E-state index in [9.17, 15) is 17.7 Å². The Balaban J connectivity index is 1.57. The predicted molar refractivity (Wildman–Crippen MR) is 118 cm³/mol. The van der Waals surface area contributed by atoms with E-state index in [1.165, 1.54) is 19.1 Å². The summed E-state index contributed by atoms with van der Waals surface area (Å²) in [6.07, 6.45) is -4.69. The lowest BCUT2D eigenvalue weighted by atomic mass is 10.1. The Morgan fingerprint density at radius 3 is 2.65 bits per heavy atom. The van der Waals surface area contributed by atoms with Gasteiger partial charge in [0, 0.05) is 15.5 Å². The van der Waals surface area contributed by atoms with Crippen LogP contribution in [-0.4, -0.2) is 21.7 Å². The molecule has 0 bridgehead atoms. The molecule has 0 spiro atoms. The van der Waals surface area contributed by atoms with Crippen molar-refractivity contribution in [3.8, 4) is 16.3 Å². The smallest absolute Gasteiger partial charge is 0.485 e. The van der Waals surface area contributed by atoms with Crippen LogP contribution in [0.2, 0.25) is 0 Å². The molecular formula is C21H18F3N3O5PS+. The van der Waals surface area contributed by atoms with Crippen LogP contribution in [0.15, 0.2) is 52.9 Å². The van der Waals surface area contributed by atoms with Crippen molar-refractivity contribution in [2.24, 2.45) is 5.73 Å². The van der Waals surface area contributed by atoms with Crippen LogP contribution in [0.3, 0.4) is 0 Å². The number of nitrogens with zero attached hydrogens (tertiary/aromatic N) is 2. The Kier molecular flexibility index (Phi) is 6.70. The van der Waals surface area contributed by atoms with Crippen LogP contribution in [0.25, 0.3) is 21.5 Å². The molecule has 1 unspecified atom stereocenters. The third-order valence-corrected chi connectivity index (χ3v) is 6.37. The van der Waals surface area contributed by atoms with Crippen LogP contribution in [0.4, 0.5) is 13.2 Å². The number of benzene rings is 2. The topological polar surface area (TPSA) is 121 Å². The van der Waals surface area contributed by atoms with Crippen molar-refractivity contribution in [1.29, 1.82) is 0 Å². The summed E-state index contributed by atoms with van der Waals surface area (Å²) in [7, 11) is -2.86. The average Bonchev–Trinajstić information content (AvgIpc) is 3.43. The van der Waals surface area contributed by atoms with E-state index in [-0.39, 0.29) is 34.5 Å². The van der Waals surface area contributed by atoms with Gasteiger partial charge in [0.25, 0.3) is 0 Å². The highest BCUT2D eigenvalue weighted by atomic mass is 32.1. The Labute approximate surface area is 196 Å². The van der Waals surface area contributed by atoms with Crippen molar-refractivity contribution in [3.63, 3.8) is 0 Å². The molecule has 2 aromatic heterocycles. The van der Waals surface area contributed by atoms with Crippen LogP contribution in [-0.2, 0) is 27.4 Å². The number of fused-ring (bicyclic) bond motifs is 1. The first-order chi connectivity index (χ1) is 16.0. The lowest BCUT2D eigenvalue weighted by Gasteiger charge is -2.16. The number of rotatable bonds is 8. The number of hydrogen-bond acceptors (Lipinski definition) is 8. The SMILES string of the molecule is C[C@](N)(CO[P+](=O)O)c1nnc(-c2ccc(OCc3cc4ccccc4o3)c(C(F)(F)F)c2)s1. The van der Waals surface area contributed by atoms with Crippen molar-refractivity contribution in [3.05, 3.63) is 64.9 Å². The molecule has 0 saturated carbocycles. The van der Waals surface area contributed by atoms with Crippen molar-refractivity contribution in [1.82, 2.24) is 10.2 Å². The molecule has 4 rings (SSSR count). The van der Waals surface area contributed by atoms with Gasteiger partial charge in [-0.1, -0.05) is 29.5 Å². The number of alkyl halides is 3. The highest BCUT2D eigenvalue weighted by molar-refractivity contribution is 7.32. The van der Waals surface area contributed by atoms with Crippen LogP contribution in [0.5, 0.6) is 5.75 Å². The Hall–Kier alpha value is -2.89. The van der Waals surface area contributed by atoms with Gasteiger partial charge in [0.2, 0.25) is 0 Å². The summed E-state index contributed by atoms with van der Waals surface area (Å²) in [5.41, 5.74) is 4.60. The van der Waals surface area contributed by atoms with Gasteiger partial charge in [-0.25, -0.2) is 0 Å². The molecule has 2 heterocycles. The van der Waals surface area contributed by atoms with Gasteiger partial charge in [0.1, 0.15) is 40.3 Å². The molecule has 0 aliphatic rings. The van der Waals surface area contributed by atoms with E-state index >= 15 is 0 Å². The first-order valence-electron chi connectivity index (χ1n) is 9.77. The van der Waals surface area contributed by atoms with Crippen LogP contribution >= 0.6 is 19.6 Å². The number of halogens is 3. The van der Waals surface area contributed by atoms with Crippen LogP contribution in [0.1, 0.15) is 23.3 Å². The standard InChI is InChI=1S/C21H17F3N3O5PS/c1-20(25,11-31-33(28)29)19-27-26-18(34-19)13-6-7-17(15(9-13)21(22,23)24)30-10-14-8-12-4-2-3-5-16(12)32-14/h2-9H,10-11,25H2,1H3/p+1/t20-/m0/s1. The summed E-state index contributed by atoms with van der Waals surface area (Å²) in [5.74, 6) is 0.0338. The van der Waals surface area contributed by atoms with E-state index in [0.717, 1.165) is 22.8 Å². The second-order valence-corrected chi connectivity index (χ2v) is 9.30. The first kappa shape index (κ1) is 24.2. The summed E-state index contributed by atoms with van der Waals surface area (Å²) in [6, 6.07) is 12.5. The summed E-state index contributed by atoms with van der Waals surface area (Å²) < 4.78 is 67.8. The van der Waals surface area contributed by atoms with Crippen molar-refractivity contribution < 1.29 is 36.3 Å². The third kappa shape index (κ3) is 5.43. The summed E-state index contributed by atoms with van der Waals surface area (Å²) in [5, 5.41) is 9.09. The van der Waals surface area contributed by atoms with Gasteiger partial charge in [-0.3, -0.25) is 0 Å². The Morgan fingerprint density at radius 2 is 1.94 bits per heavy atom. The van der Waals surface area contributed by atoms with Crippen LogP contribution in [0, 0.1) is 0 Å². The van der Waals surface area contributed by atoms with Gasteiger partial charge in [0.15, 0.2) is 0 Å². The summed E-state index contributed by atoms with van der Waals surface area (Å²) in [6.45, 7) is 1.00. The maximum absolute atomic E-state index is 13.8. The van der Waals surface area contributed by atoms with Crippen molar-refractivity contribution in [2.45, 2.75) is 25.2 Å². The van der Waals surface area contributed by atoms with E-state index in [0.29, 0.717) is 11.3 Å². The quantitative estimate of drug-likeness (QED) is 0.302. The van der Waals surface area contributed by atoms with E-state index in [2.05, 4.69) is 14.7 Å². The van der Waals surface area contributed by atoms with E-state index in [4.69, 9.17) is 19.8 Å². The second-order valence-electron chi connectivity index (χ2n) is 7.59. The zero-order chi connectivity index (χ0) is 24.5. The minimum absolute atomic E-state index is 0.164. The van der Waals surface area contributed by atoms with Gasteiger partial charge in [-0.2, -0.15) is 13.2 Å². The number of aromatic nitrogens is 2. The number of hydrogen-bond donors (Lipinski definition) is 2. The lowest BCUT2D eigenvalue weighted by Crippen LogP contribution is -2.37. The molecule has 2 atom stereocenters. The third-order valence-electron chi connectivity index (χ3n) is 4.77. The minimum Gasteiger partial charge on any atom is -0.485 e. The van der Waals surface area contributed by atoms with Crippen molar-refractivity contribution in [2.75, 3.05) is 6.61 Å². The molecule has 0 aliphatic carbocycles. The summed E-state index contributed by atoms with van der Waals surface area (Å²) in [4.78, 5) is 8.81. The number of ether oxygens (including phenoxy) is 1. The molecule has 8 nitrogen and oxygen atoms in total. The lowest BCUT2D eigenvalue weighted by molar-refractivity contribution is -0.139. The zero-order valence-electron chi connectivity index (χ0n) is 17.6. The number of nitrogens with two attached hydrogens (primary N) is 1. The number of para-hydroxylation sites is 1. The molecule has 4 aromatic rings. The average molecular weight is 512 g/mol. The molecule has 0 amide bonds. The molecule has 178 valence electrons. The normalized spacial score (nSPS) is 14.2. The van der Waals surface area contributed by atoms with Gasteiger partial charge in [-0.15, -0.1) is 19.6 Å². The van der Waals surface area contributed by atoms with Gasteiger partial charge >= 0.3 is 14.4 Å². The van der Waals surface area contributed by atoms with Crippen LogP contribution < -0.4 is 10.5 Å². The molecule has 0 saturated heterocycles. The first-order valence-corrected chi connectivity index (χ1v) is 11.7. The molecule has 0 aliphatic heterocycles. The highest BCUT2D eigenvalue weighted by Crippen LogP contribution is 2.40. The van der Waals surface area contributed by atoms with Gasteiger partial charge in [-0.05, 0) is 37.3 Å². The van der Waals surface area contributed by atoms with Gasteiger partial charge < -0.3 is 14.9 Å². The fraction of sp³-hybridized carbons (Fsp3) is 0.238. The Morgan fingerprint density at radius 1 is 1.18 bits per heavy atom. The molecule has 13 heteroatoms. The molecule has 3 N–H and O–H groups in total. The second kappa shape index (κ2) is 9.40. The van der Waals surface area contributed by atoms with E-state index < -0.39 is 25.5 Å². The van der Waals surface area contributed by atoms with Gasteiger partial charge in [0.05, 0.1) is 11.1 Å². The molecule has 0 radical (unpaired) electrons. The maximum Gasteiger partial charge on any atom is 0.694 e. The Bertz CT molecular complexity index is 1310. The highest BCUT2D eigenvalue weighted by Gasteiger charge is 2.36. The largest absolute Gasteiger partial charge is 0.694 e. The predicted octanol–water partition coefficient (Wildman–Crippen LogP) is 5.39. The number of furan rings is 1. The maximum atomic E-state index is 13.8. The fourth-order valence-corrected chi connectivity index (χ4v) is 4.35.